The normalized spacial score (nSPS) is 14.4. The SMILES string of the molecule is CN(C)c1ccncc1NCC1=NCCC=C1. The molecule has 0 radical (unpaired) electrons. The Kier molecular flexibility index (Phi) is 3.75. The van der Waals surface area contributed by atoms with Crippen LogP contribution in [0.4, 0.5) is 11.4 Å². The highest BCUT2D eigenvalue weighted by molar-refractivity contribution is 5.98. The van der Waals surface area contributed by atoms with E-state index in [1.165, 1.54) is 0 Å². The van der Waals surface area contributed by atoms with Gasteiger partial charge in [-0.15, -0.1) is 0 Å². The highest BCUT2D eigenvalue weighted by atomic mass is 15.1. The zero-order valence-corrected chi connectivity index (χ0v) is 10.3. The van der Waals surface area contributed by atoms with E-state index in [0.29, 0.717) is 0 Å². The summed E-state index contributed by atoms with van der Waals surface area (Å²) in [5.74, 6) is 0. The summed E-state index contributed by atoms with van der Waals surface area (Å²) < 4.78 is 0. The molecule has 1 aliphatic rings. The lowest BCUT2D eigenvalue weighted by Gasteiger charge is -2.18. The van der Waals surface area contributed by atoms with Gasteiger partial charge in [0.05, 0.1) is 29.8 Å². The maximum absolute atomic E-state index is 4.45. The molecule has 1 N–H and O–H groups in total. The fourth-order valence-electron chi connectivity index (χ4n) is 1.77. The Morgan fingerprint density at radius 3 is 3.00 bits per heavy atom. The molecular weight excluding hydrogens is 212 g/mol. The van der Waals surface area contributed by atoms with Crippen molar-refractivity contribution >= 4 is 17.1 Å². The molecule has 0 bridgehead atoms. The average Bonchev–Trinajstić information content (AvgIpc) is 2.38. The van der Waals surface area contributed by atoms with Crippen LogP contribution in [0, 0.1) is 0 Å². The molecule has 1 aromatic rings. The third-order valence-corrected chi connectivity index (χ3v) is 2.66. The molecule has 0 atom stereocenters. The van der Waals surface area contributed by atoms with Crippen molar-refractivity contribution in [2.75, 3.05) is 37.4 Å². The van der Waals surface area contributed by atoms with Crippen molar-refractivity contribution in [2.24, 2.45) is 4.99 Å². The lowest BCUT2D eigenvalue weighted by Crippen LogP contribution is -2.17. The molecule has 17 heavy (non-hydrogen) atoms. The van der Waals surface area contributed by atoms with Crippen molar-refractivity contribution in [1.82, 2.24) is 4.98 Å². The number of hydrogen-bond donors (Lipinski definition) is 1. The molecule has 1 aromatic heterocycles. The molecule has 0 aromatic carbocycles. The maximum Gasteiger partial charge on any atom is 0.0767 e. The van der Waals surface area contributed by atoms with Gasteiger partial charge in [-0.25, -0.2) is 0 Å². The van der Waals surface area contributed by atoms with Crippen LogP contribution in [0.2, 0.25) is 0 Å². The van der Waals surface area contributed by atoms with E-state index in [1.54, 1.807) is 6.20 Å². The molecular formula is C13H18N4. The first kappa shape index (κ1) is 11.6. The molecule has 1 aliphatic heterocycles. The van der Waals surface area contributed by atoms with Crippen LogP contribution in [0.25, 0.3) is 0 Å². The number of anilines is 2. The zero-order valence-electron chi connectivity index (χ0n) is 10.3. The molecule has 0 saturated heterocycles. The van der Waals surface area contributed by atoms with Crippen LogP contribution in [-0.4, -0.2) is 37.9 Å². The molecule has 4 nitrogen and oxygen atoms in total. The van der Waals surface area contributed by atoms with E-state index in [9.17, 15) is 0 Å². The second-order valence-corrected chi connectivity index (χ2v) is 4.20. The molecule has 2 heterocycles. The predicted octanol–water partition coefficient (Wildman–Crippen LogP) is 1.96. The first-order chi connectivity index (χ1) is 8.27. The Morgan fingerprint density at radius 2 is 2.29 bits per heavy atom. The summed E-state index contributed by atoms with van der Waals surface area (Å²) in [6.07, 6.45) is 8.96. The van der Waals surface area contributed by atoms with Crippen LogP contribution in [0.3, 0.4) is 0 Å². The summed E-state index contributed by atoms with van der Waals surface area (Å²) in [6, 6.07) is 2.00. The standard InChI is InChI=1S/C13H18N4/c1-17(2)13-6-8-14-10-12(13)16-9-11-5-3-4-7-15-11/h3,5-6,8,10,16H,4,7,9H2,1-2H3. The van der Waals surface area contributed by atoms with Crippen molar-refractivity contribution in [2.45, 2.75) is 6.42 Å². The summed E-state index contributed by atoms with van der Waals surface area (Å²) >= 11 is 0. The number of aromatic nitrogens is 1. The largest absolute Gasteiger partial charge is 0.376 e. The molecule has 4 heteroatoms. The third-order valence-electron chi connectivity index (χ3n) is 2.66. The number of pyridine rings is 1. The van der Waals surface area contributed by atoms with Crippen LogP contribution in [0.5, 0.6) is 0 Å². The van der Waals surface area contributed by atoms with Crippen LogP contribution in [0.15, 0.2) is 35.6 Å². The topological polar surface area (TPSA) is 40.5 Å². The molecule has 0 amide bonds. The maximum atomic E-state index is 4.45. The quantitative estimate of drug-likeness (QED) is 0.859. The first-order valence-electron chi connectivity index (χ1n) is 5.82. The minimum Gasteiger partial charge on any atom is -0.376 e. The van der Waals surface area contributed by atoms with E-state index in [4.69, 9.17) is 0 Å². The fourth-order valence-corrected chi connectivity index (χ4v) is 1.77. The fraction of sp³-hybridized carbons (Fsp3) is 0.385. The van der Waals surface area contributed by atoms with Gasteiger partial charge >= 0.3 is 0 Å². The van der Waals surface area contributed by atoms with Gasteiger partial charge in [-0.05, 0) is 18.6 Å². The van der Waals surface area contributed by atoms with Crippen molar-refractivity contribution < 1.29 is 0 Å². The van der Waals surface area contributed by atoms with Crippen molar-refractivity contribution in [3.63, 3.8) is 0 Å². The first-order valence-corrected chi connectivity index (χ1v) is 5.82. The van der Waals surface area contributed by atoms with Crippen molar-refractivity contribution in [3.8, 4) is 0 Å². The van der Waals surface area contributed by atoms with Crippen LogP contribution in [-0.2, 0) is 0 Å². The Balaban J connectivity index is 2.03. The zero-order chi connectivity index (χ0) is 12.1. The number of dihydropyridines is 1. The van der Waals surface area contributed by atoms with Gasteiger partial charge in [0.25, 0.3) is 0 Å². The van der Waals surface area contributed by atoms with E-state index in [1.807, 2.05) is 26.4 Å². The Labute approximate surface area is 102 Å². The van der Waals surface area contributed by atoms with Gasteiger partial charge in [0.15, 0.2) is 0 Å². The molecule has 0 saturated carbocycles. The van der Waals surface area contributed by atoms with Gasteiger partial charge in [0.1, 0.15) is 0 Å². The van der Waals surface area contributed by atoms with Gasteiger partial charge < -0.3 is 10.2 Å². The summed E-state index contributed by atoms with van der Waals surface area (Å²) in [6.45, 7) is 1.66. The van der Waals surface area contributed by atoms with Gasteiger partial charge in [-0.2, -0.15) is 0 Å². The second-order valence-electron chi connectivity index (χ2n) is 4.20. The Morgan fingerprint density at radius 1 is 1.41 bits per heavy atom. The van der Waals surface area contributed by atoms with E-state index < -0.39 is 0 Å². The third kappa shape index (κ3) is 3.06. The number of nitrogens with zero attached hydrogens (tertiary/aromatic N) is 3. The van der Waals surface area contributed by atoms with E-state index in [2.05, 4.69) is 32.3 Å². The summed E-state index contributed by atoms with van der Waals surface area (Å²) in [4.78, 5) is 10.7. The van der Waals surface area contributed by atoms with Gasteiger partial charge in [0, 0.05) is 26.8 Å². The molecule has 2 rings (SSSR count). The number of nitrogens with one attached hydrogen (secondary N) is 1. The van der Waals surface area contributed by atoms with E-state index in [0.717, 1.165) is 36.6 Å². The average molecular weight is 230 g/mol. The molecule has 0 spiro atoms. The Hall–Kier alpha value is -1.84. The Bertz CT molecular complexity index is 435. The summed E-state index contributed by atoms with van der Waals surface area (Å²) in [7, 11) is 4.05. The monoisotopic (exact) mass is 230 g/mol. The van der Waals surface area contributed by atoms with Gasteiger partial charge in [-0.3, -0.25) is 9.98 Å². The van der Waals surface area contributed by atoms with E-state index >= 15 is 0 Å². The summed E-state index contributed by atoms with van der Waals surface area (Å²) in [5, 5.41) is 3.38. The summed E-state index contributed by atoms with van der Waals surface area (Å²) in [5.41, 5.74) is 3.28. The van der Waals surface area contributed by atoms with Gasteiger partial charge in [-0.1, -0.05) is 6.08 Å². The highest BCUT2D eigenvalue weighted by Gasteiger charge is 2.05. The molecule has 0 unspecified atom stereocenters. The van der Waals surface area contributed by atoms with Crippen molar-refractivity contribution in [1.29, 1.82) is 0 Å². The van der Waals surface area contributed by atoms with Crippen molar-refractivity contribution in [3.05, 3.63) is 30.6 Å². The van der Waals surface area contributed by atoms with Crippen LogP contribution >= 0.6 is 0 Å². The molecule has 0 fully saturated rings. The minimum atomic E-state index is 0.753. The molecule has 0 aliphatic carbocycles. The van der Waals surface area contributed by atoms with Gasteiger partial charge in [0.2, 0.25) is 0 Å². The number of rotatable bonds is 4. The second kappa shape index (κ2) is 5.48. The minimum absolute atomic E-state index is 0.753. The lowest BCUT2D eigenvalue weighted by atomic mass is 10.2. The van der Waals surface area contributed by atoms with Crippen LogP contribution in [0.1, 0.15) is 6.42 Å². The number of hydrogen-bond acceptors (Lipinski definition) is 4. The lowest BCUT2D eigenvalue weighted by molar-refractivity contribution is 0.987. The molecule has 90 valence electrons. The van der Waals surface area contributed by atoms with E-state index in [-0.39, 0.29) is 0 Å². The van der Waals surface area contributed by atoms with Crippen LogP contribution < -0.4 is 10.2 Å². The number of aliphatic imine (C=N–C) groups is 1. The smallest absolute Gasteiger partial charge is 0.0767 e. The highest BCUT2D eigenvalue weighted by Crippen LogP contribution is 2.21. The predicted molar refractivity (Wildman–Crippen MR) is 73.1 cm³/mol.